The number of fused-ring (bicyclic) bond motifs is 1. The van der Waals surface area contributed by atoms with Crippen molar-refractivity contribution < 1.29 is 4.74 Å². The molecule has 1 aromatic rings. The second kappa shape index (κ2) is 5.64. The van der Waals surface area contributed by atoms with Crippen LogP contribution in [0.25, 0.3) is 0 Å². The molecule has 1 saturated carbocycles. The van der Waals surface area contributed by atoms with Crippen LogP contribution in [-0.4, -0.2) is 13.2 Å². The average Bonchev–Trinajstić information content (AvgIpc) is 2.49. The fourth-order valence-corrected chi connectivity index (χ4v) is 3.48. The van der Waals surface area contributed by atoms with Crippen molar-refractivity contribution in [1.29, 1.82) is 0 Å². The minimum atomic E-state index is 0.354. The van der Waals surface area contributed by atoms with Gasteiger partial charge < -0.3 is 10.1 Å². The summed E-state index contributed by atoms with van der Waals surface area (Å²) in [6, 6.07) is 6.62. The number of rotatable bonds is 3. The Morgan fingerprint density at radius 3 is 2.57 bits per heavy atom. The third-order valence-corrected chi connectivity index (χ3v) is 5.46. The van der Waals surface area contributed by atoms with Gasteiger partial charge in [-0.25, -0.2) is 0 Å². The third kappa shape index (κ3) is 3.60. The lowest BCUT2D eigenvalue weighted by Gasteiger charge is -2.41. The smallest absolute Gasteiger partial charge is 0.119 e. The first-order valence-electron chi connectivity index (χ1n) is 8.41. The fourth-order valence-electron chi connectivity index (χ4n) is 3.48. The number of hydrogen-bond acceptors (Lipinski definition) is 2. The van der Waals surface area contributed by atoms with Gasteiger partial charge in [-0.05, 0) is 67.3 Å². The van der Waals surface area contributed by atoms with Crippen molar-refractivity contribution in [2.45, 2.75) is 59.4 Å². The molecule has 0 bridgehead atoms. The summed E-state index contributed by atoms with van der Waals surface area (Å²) in [6.07, 6.45) is 6.34. The SMILES string of the molecule is CC1(C)CCC(C)(COc2ccc3c(c2)CCNC3)CC1. The van der Waals surface area contributed by atoms with Gasteiger partial charge in [0, 0.05) is 12.0 Å². The van der Waals surface area contributed by atoms with E-state index >= 15 is 0 Å². The molecule has 116 valence electrons. The number of benzene rings is 1. The molecule has 1 heterocycles. The van der Waals surface area contributed by atoms with Gasteiger partial charge in [0.15, 0.2) is 0 Å². The van der Waals surface area contributed by atoms with Crippen LogP contribution in [0.3, 0.4) is 0 Å². The lowest BCUT2D eigenvalue weighted by molar-refractivity contribution is 0.0658. The molecule has 1 N–H and O–H groups in total. The zero-order valence-electron chi connectivity index (χ0n) is 13.8. The molecule has 3 rings (SSSR count). The van der Waals surface area contributed by atoms with Crippen molar-refractivity contribution in [1.82, 2.24) is 5.32 Å². The van der Waals surface area contributed by atoms with E-state index in [0.29, 0.717) is 10.8 Å². The molecular formula is C19H29NO. The maximum Gasteiger partial charge on any atom is 0.119 e. The maximum atomic E-state index is 6.16. The fraction of sp³-hybridized carbons (Fsp3) is 0.684. The second-order valence-corrected chi connectivity index (χ2v) is 8.12. The molecule has 1 aromatic carbocycles. The Morgan fingerprint density at radius 2 is 1.81 bits per heavy atom. The van der Waals surface area contributed by atoms with Crippen LogP contribution in [0.2, 0.25) is 0 Å². The molecule has 0 saturated heterocycles. The van der Waals surface area contributed by atoms with Gasteiger partial charge in [-0.2, -0.15) is 0 Å². The van der Waals surface area contributed by atoms with Crippen LogP contribution in [0.4, 0.5) is 0 Å². The molecule has 1 aliphatic heterocycles. The Labute approximate surface area is 129 Å². The summed E-state index contributed by atoms with van der Waals surface area (Å²) < 4.78 is 6.16. The molecule has 2 nitrogen and oxygen atoms in total. The van der Waals surface area contributed by atoms with E-state index in [-0.39, 0.29) is 0 Å². The third-order valence-electron chi connectivity index (χ3n) is 5.46. The van der Waals surface area contributed by atoms with Crippen LogP contribution in [0, 0.1) is 10.8 Å². The minimum absolute atomic E-state index is 0.354. The maximum absolute atomic E-state index is 6.16. The number of nitrogens with one attached hydrogen (secondary N) is 1. The summed E-state index contributed by atoms with van der Waals surface area (Å²) in [5, 5.41) is 3.42. The van der Waals surface area contributed by atoms with Gasteiger partial charge in [0.2, 0.25) is 0 Å². The van der Waals surface area contributed by atoms with E-state index in [1.807, 2.05) is 0 Å². The summed E-state index contributed by atoms with van der Waals surface area (Å²) in [5.74, 6) is 1.06. The van der Waals surface area contributed by atoms with Gasteiger partial charge in [-0.1, -0.05) is 26.8 Å². The van der Waals surface area contributed by atoms with Crippen LogP contribution < -0.4 is 10.1 Å². The van der Waals surface area contributed by atoms with E-state index < -0.39 is 0 Å². The van der Waals surface area contributed by atoms with Crippen LogP contribution in [-0.2, 0) is 13.0 Å². The Morgan fingerprint density at radius 1 is 1.05 bits per heavy atom. The monoisotopic (exact) mass is 287 g/mol. The van der Waals surface area contributed by atoms with Crippen molar-refractivity contribution in [3.8, 4) is 5.75 Å². The molecule has 2 aliphatic rings. The Bertz CT molecular complexity index is 496. The van der Waals surface area contributed by atoms with Crippen molar-refractivity contribution in [2.24, 2.45) is 10.8 Å². The van der Waals surface area contributed by atoms with Crippen LogP contribution in [0.15, 0.2) is 18.2 Å². The highest BCUT2D eigenvalue weighted by Crippen LogP contribution is 2.45. The van der Waals surface area contributed by atoms with Crippen molar-refractivity contribution in [3.63, 3.8) is 0 Å². The molecule has 0 atom stereocenters. The Kier molecular flexibility index (Phi) is 4.00. The second-order valence-electron chi connectivity index (χ2n) is 8.12. The van der Waals surface area contributed by atoms with Gasteiger partial charge in [-0.15, -0.1) is 0 Å². The molecule has 1 aliphatic carbocycles. The van der Waals surface area contributed by atoms with E-state index in [2.05, 4.69) is 44.3 Å². The van der Waals surface area contributed by atoms with Crippen LogP contribution in [0.1, 0.15) is 57.6 Å². The van der Waals surface area contributed by atoms with Crippen molar-refractivity contribution in [3.05, 3.63) is 29.3 Å². The number of hydrogen-bond donors (Lipinski definition) is 1. The predicted molar refractivity (Wildman–Crippen MR) is 87.7 cm³/mol. The average molecular weight is 287 g/mol. The first-order chi connectivity index (χ1) is 9.96. The van der Waals surface area contributed by atoms with Gasteiger partial charge >= 0.3 is 0 Å². The summed E-state index contributed by atoms with van der Waals surface area (Å²) in [6.45, 7) is 10.1. The van der Waals surface area contributed by atoms with Gasteiger partial charge in [0.1, 0.15) is 5.75 Å². The summed E-state index contributed by atoms with van der Waals surface area (Å²) in [7, 11) is 0. The lowest BCUT2D eigenvalue weighted by Crippen LogP contribution is -2.33. The van der Waals surface area contributed by atoms with E-state index in [1.165, 1.54) is 36.8 Å². The molecule has 0 spiro atoms. The molecule has 0 aromatic heterocycles. The Hall–Kier alpha value is -1.02. The molecule has 2 heteroatoms. The lowest BCUT2D eigenvalue weighted by atomic mass is 9.66. The quantitative estimate of drug-likeness (QED) is 0.894. The summed E-state index contributed by atoms with van der Waals surface area (Å²) in [5.41, 5.74) is 3.77. The van der Waals surface area contributed by atoms with E-state index in [4.69, 9.17) is 4.74 Å². The largest absolute Gasteiger partial charge is 0.493 e. The summed E-state index contributed by atoms with van der Waals surface area (Å²) >= 11 is 0. The molecular weight excluding hydrogens is 258 g/mol. The highest BCUT2D eigenvalue weighted by atomic mass is 16.5. The van der Waals surface area contributed by atoms with E-state index in [1.54, 1.807) is 0 Å². The molecule has 1 fully saturated rings. The molecule has 21 heavy (non-hydrogen) atoms. The molecule has 0 radical (unpaired) electrons. The van der Waals surface area contributed by atoms with Gasteiger partial charge in [0.05, 0.1) is 6.61 Å². The van der Waals surface area contributed by atoms with Crippen LogP contribution in [0.5, 0.6) is 5.75 Å². The number of ether oxygens (including phenoxy) is 1. The normalized spacial score (nSPS) is 23.4. The van der Waals surface area contributed by atoms with Crippen molar-refractivity contribution in [2.75, 3.05) is 13.2 Å². The highest BCUT2D eigenvalue weighted by molar-refractivity contribution is 5.37. The van der Waals surface area contributed by atoms with E-state index in [9.17, 15) is 0 Å². The van der Waals surface area contributed by atoms with E-state index in [0.717, 1.165) is 31.9 Å². The minimum Gasteiger partial charge on any atom is -0.493 e. The standard InChI is InChI=1S/C19H29NO/c1-18(2)7-9-19(3,10-8-18)14-21-17-5-4-16-13-20-11-6-15(16)12-17/h4-5,12,20H,6-11,13-14H2,1-3H3. The topological polar surface area (TPSA) is 21.3 Å². The highest BCUT2D eigenvalue weighted by Gasteiger charge is 2.35. The summed E-state index contributed by atoms with van der Waals surface area (Å²) in [4.78, 5) is 0. The molecule has 0 unspecified atom stereocenters. The first kappa shape index (κ1) is 14.9. The predicted octanol–water partition coefficient (Wildman–Crippen LogP) is 4.32. The zero-order valence-corrected chi connectivity index (χ0v) is 13.8. The Balaban J connectivity index is 1.60. The van der Waals surface area contributed by atoms with Gasteiger partial charge in [0.25, 0.3) is 0 Å². The van der Waals surface area contributed by atoms with Gasteiger partial charge in [-0.3, -0.25) is 0 Å². The first-order valence-corrected chi connectivity index (χ1v) is 8.41. The van der Waals surface area contributed by atoms with Crippen LogP contribution >= 0.6 is 0 Å². The zero-order chi connectivity index (χ0) is 14.9. The molecule has 0 amide bonds. The van der Waals surface area contributed by atoms with Crippen molar-refractivity contribution >= 4 is 0 Å².